The number of hydrogen-bond acceptors (Lipinski definition) is 4. The van der Waals surface area contributed by atoms with Crippen LogP contribution in [-0.4, -0.2) is 36.6 Å². The molecule has 1 N–H and O–H groups in total. The molecular formula is C18H20ClFN2O3. The monoisotopic (exact) mass is 366 g/mol. The maximum absolute atomic E-state index is 13.8. The van der Waals surface area contributed by atoms with Crippen LogP contribution in [0.15, 0.2) is 41.0 Å². The standard InChI is InChI=1S/C18H20ClFN2O3/c19-13-5-6-16(20)17(9-13)21-18(23)12-22(10-14-3-1-7-24-14)11-15-4-2-8-25-15/h1,3,5-7,9,15H,2,4,8,10-12H2,(H,21,23). The average molecular weight is 367 g/mol. The molecule has 134 valence electrons. The molecule has 2 aromatic rings. The number of amides is 1. The van der Waals surface area contributed by atoms with E-state index in [0.717, 1.165) is 25.2 Å². The van der Waals surface area contributed by atoms with Gasteiger partial charge in [-0.2, -0.15) is 0 Å². The molecular weight excluding hydrogens is 347 g/mol. The number of nitrogens with zero attached hydrogens (tertiary/aromatic N) is 1. The van der Waals surface area contributed by atoms with Crippen LogP contribution in [0.25, 0.3) is 0 Å². The van der Waals surface area contributed by atoms with E-state index in [1.165, 1.54) is 18.2 Å². The molecule has 3 rings (SSSR count). The third-order valence-corrected chi connectivity index (χ3v) is 4.25. The van der Waals surface area contributed by atoms with Crippen molar-refractivity contribution >= 4 is 23.2 Å². The normalized spacial score (nSPS) is 17.2. The number of nitrogens with one attached hydrogen (secondary N) is 1. The van der Waals surface area contributed by atoms with Crippen LogP contribution in [0.4, 0.5) is 10.1 Å². The van der Waals surface area contributed by atoms with Crippen LogP contribution in [0.5, 0.6) is 0 Å². The van der Waals surface area contributed by atoms with Crippen LogP contribution in [0, 0.1) is 5.82 Å². The molecule has 0 saturated carbocycles. The van der Waals surface area contributed by atoms with Gasteiger partial charge in [0.1, 0.15) is 11.6 Å². The van der Waals surface area contributed by atoms with Gasteiger partial charge < -0.3 is 14.5 Å². The van der Waals surface area contributed by atoms with E-state index >= 15 is 0 Å². The van der Waals surface area contributed by atoms with Crippen molar-refractivity contribution in [2.24, 2.45) is 0 Å². The lowest BCUT2D eigenvalue weighted by molar-refractivity contribution is -0.117. The molecule has 0 spiro atoms. The van der Waals surface area contributed by atoms with E-state index in [1.807, 2.05) is 11.0 Å². The zero-order valence-corrected chi connectivity index (χ0v) is 14.5. The van der Waals surface area contributed by atoms with Crippen LogP contribution in [0.3, 0.4) is 0 Å². The summed E-state index contributed by atoms with van der Waals surface area (Å²) in [5.74, 6) is -0.0695. The summed E-state index contributed by atoms with van der Waals surface area (Å²) in [5, 5.41) is 2.94. The fourth-order valence-corrected chi connectivity index (χ4v) is 3.04. The second kappa shape index (κ2) is 8.47. The fourth-order valence-electron chi connectivity index (χ4n) is 2.87. The Kier molecular flexibility index (Phi) is 6.07. The van der Waals surface area contributed by atoms with E-state index in [2.05, 4.69) is 5.32 Å². The van der Waals surface area contributed by atoms with Gasteiger partial charge in [0.2, 0.25) is 5.91 Å². The van der Waals surface area contributed by atoms with Crippen molar-refractivity contribution < 1.29 is 18.3 Å². The molecule has 1 fully saturated rings. The lowest BCUT2D eigenvalue weighted by Crippen LogP contribution is -2.38. The van der Waals surface area contributed by atoms with Crippen molar-refractivity contribution in [3.63, 3.8) is 0 Å². The van der Waals surface area contributed by atoms with Gasteiger partial charge in [-0.05, 0) is 43.2 Å². The van der Waals surface area contributed by atoms with E-state index in [-0.39, 0.29) is 24.2 Å². The van der Waals surface area contributed by atoms with Crippen molar-refractivity contribution in [2.75, 3.05) is 25.0 Å². The predicted molar refractivity (Wildman–Crippen MR) is 93.0 cm³/mol. The van der Waals surface area contributed by atoms with Crippen molar-refractivity contribution in [2.45, 2.75) is 25.5 Å². The quantitative estimate of drug-likeness (QED) is 0.812. The molecule has 25 heavy (non-hydrogen) atoms. The molecule has 1 aromatic heterocycles. The average Bonchev–Trinajstić information content (AvgIpc) is 3.25. The largest absolute Gasteiger partial charge is 0.468 e. The minimum absolute atomic E-state index is 0.0764. The predicted octanol–water partition coefficient (Wildman–Crippen LogP) is 3.69. The van der Waals surface area contributed by atoms with Gasteiger partial charge in [0, 0.05) is 18.2 Å². The lowest BCUT2D eigenvalue weighted by atomic mass is 10.2. The van der Waals surface area contributed by atoms with Gasteiger partial charge in [-0.25, -0.2) is 4.39 Å². The van der Waals surface area contributed by atoms with Gasteiger partial charge in [0.25, 0.3) is 0 Å². The molecule has 5 nitrogen and oxygen atoms in total. The highest BCUT2D eigenvalue weighted by atomic mass is 35.5. The number of carbonyl (C=O) groups is 1. The molecule has 2 heterocycles. The molecule has 0 radical (unpaired) electrons. The number of carbonyl (C=O) groups excluding carboxylic acids is 1. The number of halogens is 2. The third kappa shape index (κ3) is 5.29. The van der Waals surface area contributed by atoms with Gasteiger partial charge >= 0.3 is 0 Å². The maximum Gasteiger partial charge on any atom is 0.238 e. The van der Waals surface area contributed by atoms with E-state index in [1.54, 1.807) is 12.3 Å². The first-order valence-corrected chi connectivity index (χ1v) is 8.59. The molecule has 1 aliphatic heterocycles. The molecule has 1 amide bonds. The zero-order valence-electron chi connectivity index (χ0n) is 13.7. The molecule has 7 heteroatoms. The number of rotatable bonds is 7. The van der Waals surface area contributed by atoms with Gasteiger partial charge in [-0.3, -0.25) is 9.69 Å². The van der Waals surface area contributed by atoms with Crippen LogP contribution in [-0.2, 0) is 16.1 Å². The van der Waals surface area contributed by atoms with Crippen LogP contribution < -0.4 is 5.32 Å². The summed E-state index contributed by atoms with van der Waals surface area (Å²) in [6.07, 6.45) is 3.70. The highest BCUT2D eigenvalue weighted by molar-refractivity contribution is 6.30. The molecule has 1 saturated heterocycles. The highest BCUT2D eigenvalue weighted by Gasteiger charge is 2.22. The Morgan fingerprint density at radius 3 is 3.00 bits per heavy atom. The molecule has 1 aromatic carbocycles. The van der Waals surface area contributed by atoms with Crippen molar-refractivity contribution in [3.05, 3.63) is 53.2 Å². The summed E-state index contributed by atoms with van der Waals surface area (Å²) in [5.41, 5.74) is 0.0764. The minimum atomic E-state index is -0.519. The Hall–Kier alpha value is -1.89. The Balaban J connectivity index is 1.63. The highest BCUT2D eigenvalue weighted by Crippen LogP contribution is 2.20. The van der Waals surface area contributed by atoms with E-state index in [9.17, 15) is 9.18 Å². The van der Waals surface area contributed by atoms with Crippen molar-refractivity contribution in [3.8, 4) is 0 Å². The molecule has 1 atom stereocenters. The van der Waals surface area contributed by atoms with Gasteiger partial charge in [0.05, 0.1) is 31.1 Å². The van der Waals surface area contributed by atoms with Gasteiger partial charge in [-0.1, -0.05) is 11.6 Å². The summed E-state index contributed by atoms with van der Waals surface area (Å²) in [4.78, 5) is 14.3. The third-order valence-electron chi connectivity index (χ3n) is 4.02. The second-order valence-electron chi connectivity index (χ2n) is 6.06. The van der Waals surface area contributed by atoms with Crippen LogP contribution >= 0.6 is 11.6 Å². The van der Waals surface area contributed by atoms with E-state index in [0.29, 0.717) is 18.1 Å². The van der Waals surface area contributed by atoms with Gasteiger partial charge in [0.15, 0.2) is 0 Å². The number of furan rings is 1. The molecule has 0 bridgehead atoms. The van der Waals surface area contributed by atoms with Crippen LogP contribution in [0.1, 0.15) is 18.6 Å². The summed E-state index contributed by atoms with van der Waals surface area (Å²) in [6.45, 7) is 1.95. The first kappa shape index (κ1) is 17.9. The number of ether oxygens (including phenoxy) is 1. The zero-order chi connectivity index (χ0) is 17.6. The summed E-state index contributed by atoms with van der Waals surface area (Å²) < 4.78 is 24.8. The SMILES string of the molecule is O=C(CN(Cc1ccco1)CC1CCCO1)Nc1cc(Cl)ccc1F. The Bertz CT molecular complexity index is 702. The minimum Gasteiger partial charge on any atom is -0.468 e. The van der Waals surface area contributed by atoms with E-state index in [4.69, 9.17) is 20.8 Å². The van der Waals surface area contributed by atoms with E-state index < -0.39 is 5.82 Å². The number of anilines is 1. The van der Waals surface area contributed by atoms with Crippen LogP contribution in [0.2, 0.25) is 5.02 Å². The molecule has 1 aliphatic rings. The first-order valence-electron chi connectivity index (χ1n) is 8.21. The second-order valence-corrected chi connectivity index (χ2v) is 6.49. The van der Waals surface area contributed by atoms with Gasteiger partial charge in [-0.15, -0.1) is 0 Å². The Morgan fingerprint density at radius 1 is 1.40 bits per heavy atom. The Labute approximate surface area is 150 Å². The summed E-state index contributed by atoms with van der Waals surface area (Å²) in [6, 6.07) is 7.72. The number of hydrogen-bond donors (Lipinski definition) is 1. The smallest absolute Gasteiger partial charge is 0.238 e. The molecule has 0 aliphatic carbocycles. The van der Waals surface area contributed by atoms with Crippen molar-refractivity contribution in [1.82, 2.24) is 4.90 Å². The topological polar surface area (TPSA) is 54.7 Å². The maximum atomic E-state index is 13.8. The summed E-state index contributed by atoms with van der Waals surface area (Å²) >= 11 is 5.86. The summed E-state index contributed by atoms with van der Waals surface area (Å²) in [7, 11) is 0. The first-order chi connectivity index (χ1) is 12.1. The lowest BCUT2D eigenvalue weighted by Gasteiger charge is -2.23. The fraction of sp³-hybridized carbons (Fsp3) is 0.389. The Morgan fingerprint density at radius 2 is 2.28 bits per heavy atom. The van der Waals surface area contributed by atoms with Crippen molar-refractivity contribution in [1.29, 1.82) is 0 Å². The molecule has 1 unspecified atom stereocenters. The number of benzene rings is 1.